The van der Waals surface area contributed by atoms with Crippen LogP contribution in [-0.2, 0) is 6.54 Å². The van der Waals surface area contributed by atoms with E-state index in [1.807, 2.05) is 20.0 Å². The van der Waals surface area contributed by atoms with Crippen LogP contribution in [0.2, 0.25) is 5.02 Å². The third-order valence-electron chi connectivity index (χ3n) is 2.42. The zero-order chi connectivity index (χ0) is 11.3. The highest BCUT2D eigenvalue weighted by atomic mass is 35.5. The first-order valence-corrected chi connectivity index (χ1v) is 5.59. The summed E-state index contributed by atoms with van der Waals surface area (Å²) in [5.74, 6) is 0. The van der Waals surface area contributed by atoms with Gasteiger partial charge in [-0.3, -0.25) is 0 Å². The third-order valence-corrected chi connectivity index (χ3v) is 2.84. The lowest BCUT2D eigenvalue weighted by molar-refractivity contribution is 0.328. The molecule has 92 valence electrons. The van der Waals surface area contributed by atoms with Gasteiger partial charge < -0.3 is 10.2 Å². The number of rotatable bonds is 5. The Morgan fingerprint density at radius 1 is 1.38 bits per heavy atom. The van der Waals surface area contributed by atoms with E-state index < -0.39 is 0 Å². The van der Waals surface area contributed by atoms with Crippen molar-refractivity contribution in [1.82, 2.24) is 10.2 Å². The van der Waals surface area contributed by atoms with Crippen LogP contribution in [0.25, 0.3) is 0 Å². The maximum absolute atomic E-state index is 5.98. The predicted molar refractivity (Wildman–Crippen MR) is 73.7 cm³/mol. The molecule has 1 aromatic carbocycles. The molecule has 0 bridgehead atoms. The molecule has 0 aromatic heterocycles. The minimum absolute atomic E-state index is 0. The molecule has 0 atom stereocenters. The molecule has 1 aromatic rings. The topological polar surface area (TPSA) is 15.3 Å². The van der Waals surface area contributed by atoms with Crippen molar-refractivity contribution in [3.05, 3.63) is 34.3 Å². The van der Waals surface area contributed by atoms with Crippen LogP contribution in [0.15, 0.2) is 18.2 Å². The summed E-state index contributed by atoms with van der Waals surface area (Å²) in [6.07, 6.45) is 0. The molecule has 0 aliphatic heterocycles. The van der Waals surface area contributed by atoms with Crippen LogP contribution in [0.4, 0.5) is 0 Å². The van der Waals surface area contributed by atoms with E-state index >= 15 is 0 Å². The molecule has 0 saturated carbocycles. The van der Waals surface area contributed by atoms with Gasteiger partial charge >= 0.3 is 0 Å². The first-order chi connectivity index (χ1) is 7.13. The molecule has 0 heterocycles. The standard InChI is InChI=1S/C12H19ClN2.ClH/c1-10-8-11(4-5-12(10)13)9-15(3)7-6-14-2;/h4-5,8,14H,6-7,9H2,1-3H3;1H. The van der Waals surface area contributed by atoms with E-state index in [2.05, 4.69) is 29.4 Å². The van der Waals surface area contributed by atoms with Gasteiger partial charge in [0.25, 0.3) is 0 Å². The molecule has 2 nitrogen and oxygen atoms in total. The summed E-state index contributed by atoms with van der Waals surface area (Å²) in [5, 5.41) is 3.99. The molecule has 1 N–H and O–H groups in total. The lowest BCUT2D eigenvalue weighted by Crippen LogP contribution is -2.26. The average molecular weight is 263 g/mol. The smallest absolute Gasteiger partial charge is 0.0435 e. The van der Waals surface area contributed by atoms with Crippen molar-refractivity contribution >= 4 is 24.0 Å². The van der Waals surface area contributed by atoms with Crippen LogP contribution in [0.1, 0.15) is 11.1 Å². The van der Waals surface area contributed by atoms with Crippen molar-refractivity contribution in [2.24, 2.45) is 0 Å². The molecule has 16 heavy (non-hydrogen) atoms. The van der Waals surface area contributed by atoms with Crippen molar-refractivity contribution < 1.29 is 0 Å². The number of aryl methyl sites for hydroxylation is 1. The Balaban J connectivity index is 0.00000225. The molecule has 1 rings (SSSR count). The van der Waals surface area contributed by atoms with Gasteiger partial charge in [-0.15, -0.1) is 12.4 Å². The van der Waals surface area contributed by atoms with Gasteiger partial charge in [0.2, 0.25) is 0 Å². The van der Waals surface area contributed by atoms with Crippen molar-refractivity contribution in [1.29, 1.82) is 0 Å². The van der Waals surface area contributed by atoms with Crippen LogP contribution in [0.3, 0.4) is 0 Å². The van der Waals surface area contributed by atoms with Gasteiger partial charge in [0.05, 0.1) is 0 Å². The quantitative estimate of drug-likeness (QED) is 0.878. The van der Waals surface area contributed by atoms with Gasteiger partial charge in [0, 0.05) is 24.7 Å². The SMILES string of the molecule is CNCCN(C)Cc1ccc(Cl)c(C)c1.Cl. The van der Waals surface area contributed by atoms with Crippen LogP contribution >= 0.6 is 24.0 Å². The van der Waals surface area contributed by atoms with Crippen LogP contribution in [0, 0.1) is 6.92 Å². The van der Waals surface area contributed by atoms with Gasteiger partial charge in [-0.05, 0) is 38.2 Å². The molecule has 0 unspecified atom stereocenters. The first kappa shape index (κ1) is 15.7. The Labute approximate surface area is 109 Å². The minimum atomic E-state index is 0. The summed E-state index contributed by atoms with van der Waals surface area (Å²) in [5.41, 5.74) is 2.46. The van der Waals surface area contributed by atoms with Crippen molar-refractivity contribution in [2.75, 3.05) is 27.2 Å². The summed E-state index contributed by atoms with van der Waals surface area (Å²) in [6.45, 7) is 5.08. The zero-order valence-electron chi connectivity index (χ0n) is 10.1. The highest BCUT2D eigenvalue weighted by Gasteiger charge is 2.01. The van der Waals surface area contributed by atoms with Gasteiger partial charge in [0.15, 0.2) is 0 Å². The Hall–Kier alpha value is -0.280. The first-order valence-electron chi connectivity index (χ1n) is 5.21. The van der Waals surface area contributed by atoms with E-state index in [1.54, 1.807) is 0 Å². The fraction of sp³-hybridized carbons (Fsp3) is 0.500. The van der Waals surface area contributed by atoms with E-state index in [4.69, 9.17) is 11.6 Å². The summed E-state index contributed by atoms with van der Waals surface area (Å²) in [6, 6.07) is 6.21. The molecule has 0 aliphatic rings. The number of hydrogen-bond acceptors (Lipinski definition) is 2. The number of halogens is 2. The van der Waals surface area contributed by atoms with Crippen LogP contribution in [0.5, 0.6) is 0 Å². The fourth-order valence-electron chi connectivity index (χ4n) is 1.50. The highest BCUT2D eigenvalue weighted by molar-refractivity contribution is 6.31. The Morgan fingerprint density at radius 3 is 2.62 bits per heavy atom. The number of nitrogens with zero attached hydrogens (tertiary/aromatic N) is 1. The molecule has 0 fully saturated rings. The molecule has 4 heteroatoms. The lowest BCUT2D eigenvalue weighted by Gasteiger charge is -2.16. The molecule has 0 aliphatic carbocycles. The van der Waals surface area contributed by atoms with Gasteiger partial charge in [-0.25, -0.2) is 0 Å². The Bertz CT molecular complexity index is 316. The van der Waals surface area contributed by atoms with Crippen molar-refractivity contribution in [3.63, 3.8) is 0 Å². The van der Waals surface area contributed by atoms with Gasteiger partial charge in [0.1, 0.15) is 0 Å². The van der Waals surface area contributed by atoms with Crippen LogP contribution < -0.4 is 5.32 Å². The third kappa shape index (κ3) is 5.17. The predicted octanol–water partition coefficient (Wildman–Crippen LogP) is 2.72. The fourth-order valence-corrected chi connectivity index (χ4v) is 1.62. The lowest BCUT2D eigenvalue weighted by atomic mass is 10.1. The second-order valence-corrected chi connectivity index (χ2v) is 4.33. The summed E-state index contributed by atoms with van der Waals surface area (Å²) in [7, 11) is 4.10. The molecular formula is C12H20Cl2N2. The van der Waals surface area contributed by atoms with E-state index in [0.717, 1.165) is 30.2 Å². The van der Waals surface area contributed by atoms with Crippen molar-refractivity contribution in [3.8, 4) is 0 Å². The largest absolute Gasteiger partial charge is 0.318 e. The average Bonchev–Trinajstić information content (AvgIpc) is 2.20. The van der Waals surface area contributed by atoms with Crippen LogP contribution in [-0.4, -0.2) is 32.1 Å². The van der Waals surface area contributed by atoms with Gasteiger partial charge in [-0.2, -0.15) is 0 Å². The highest BCUT2D eigenvalue weighted by Crippen LogP contribution is 2.16. The second-order valence-electron chi connectivity index (χ2n) is 3.92. The zero-order valence-corrected chi connectivity index (χ0v) is 11.7. The van der Waals surface area contributed by atoms with Crippen molar-refractivity contribution in [2.45, 2.75) is 13.5 Å². The monoisotopic (exact) mass is 262 g/mol. The van der Waals surface area contributed by atoms with E-state index in [9.17, 15) is 0 Å². The van der Waals surface area contributed by atoms with E-state index in [1.165, 1.54) is 5.56 Å². The summed E-state index contributed by atoms with van der Waals surface area (Å²) < 4.78 is 0. The summed E-state index contributed by atoms with van der Waals surface area (Å²) in [4.78, 5) is 2.29. The normalized spacial score (nSPS) is 10.3. The Morgan fingerprint density at radius 2 is 2.06 bits per heavy atom. The maximum Gasteiger partial charge on any atom is 0.0435 e. The molecule has 0 saturated heterocycles. The molecule has 0 spiro atoms. The number of likely N-dealkylation sites (N-methyl/N-ethyl adjacent to an activating group) is 2. The van der Waals surface area contributed by atoms with E-state index in [0.29, 0.717) is 0 Å². The van der Waals surface area contributed by atoms with E-state index in [-0.39, 0.29) is 12.4 Å². The number of benzene rings is 1. The van der Waals surface area contributed by atoms with Gasteiger partial charge in [-0.1, -0.05) is 23.7 Å². The molecule has 0 radical (unpaired) electrons. The second kappa shape index (κ2) is 7.91. The Kier molecular flexibility index (Phi) is 7.77. The molecule has 0 amide bonds. The number of hydrogen-bond donors (Lipinski definition) is 1. The maximum atomic E-state index is 5.98. The molecular weight excluding hydrogens is 243 g/mol. The summed E-state index contributed by atoms with van der Waals surface area (Å²) >= 11 is 5.98. The minimum Gasteiger partial charge on any atom is -0.318 e. The number of nitrogens with one attached hydrogen (secondary N) is 1.